The minimum Gasteiger partial charge on any atom is -0.458 e. The molecule has 0 N–H and O–H groups in total. The van der Waals surface area contributed by atoms with Crippen molar-refractivity contribution in [1.29, 1.82) is 0 Å². The van der Waals surface area contributed by atoms with E-state index in [1.807, 2.05) is 73.7 Å². The average Bonchev–Trinajstić information content (AvgIpc) is 2.74. The number of esters is 1. The summed E-state index contributed by atoms with van der Waals surface area (Å²) in [5, 5.41) is 0. The summed E-state index contributed by atoms with van der Waals surface area (Å²) in [6, 6.07) is 30.7. The lowest BCUT2D eigenvalue weighted by Crippen LogP contribution is -2.47. The third-order valence-electron chi connectivity index (χ3n) is 6.11. The van der Waals surface area contributed by atoms with Crippen molar-refractivity contribution in [1.82, 2.24) is 0 Å². The first-order chi connectivity index (χ1) is 13.7. The normalized spacial score (nSPS) is 24.8. The highest BCUT2D eigenvalue weighted by Gasteiger charge is 2.53. The van der Waals surface area contributed by atoms with Crippen molar-refractivity contribution in [3.63, 3.8) is 0 Å². The second kappa shape index (κ2) is 8.02. The molecular formula is C26H26O2. The van der Waals surface area contributed by atoms with Crippen LogP contribution < -0.4 is 0 Å². The van der Waals surface area contributed by atoms with Crippen molar-refractivity contribution < 1.29 is 9.53 Å². The maximum Gasteiger partial charge on any atom is 0.310 e. The number of carbonyl (C=O) groups excluding carboxylic acids is 1. The summed E-state index contributed by atoms with van der Waals surface area (Å²) in [5.74, 6) is 0.487. The van der Waals surface area contributed by atoms with Gasteiger partial charge in [-0.25, -0.2) is 0 Å². The fourth-order valence-corrected chi connectivity index (χ4v) is 4.67. The van der Waals surface area contributed by atoms with E-state index >= 15 is 0 Å². The summed E-state index contributed by atoms with van der Waals surface area (Å²) >= 11 is 0. The van der Waals surface area contributed by atoms with Crippen LogP contribution in [0.1, 0.15) is 48.5 Å². The Morgan fingerprint density at radius 1 is 0.750 bits per heavy atom. The topological polar surface area (TPSA) is 26.3 Å². The molecule has 2 heteroatoms. The molecule has 0 bridgehead atoms. The number of hydrogen-bond donors (Lipinski definition) is 0. The van der Waals surface area contributed by atoms with Gasteiger partial charge in [0.2, 0.25) is 0 Å². The molecule has 4 rings (SSSR count). The summed E-state index contributed by atoms with van der Waals surface area (Å²) in [6.07, 6.45) is -0.252. The highest BCUT2D eigenvalue weighted by Crippen LogP contribution is 2.57. The summed E-state index contributed by atoms with van der Waals surface area (Å²) in [4.78, 5) is 13.3. The lowest BCUT2D eigenvalue weighted by atomic mass is 9.53. The molecular weight excluding hydrogens is 344 g/mol. The van der Waals surface area contributed by atoms with E-state index in [1.54, 1.807) is 0 Å². The van der Waals surface area contributed by atoms with E-state index in [0.717, 1.165) is 5.56 Å². The molecule has 1 fully saturated rings. The van der Waals surface area contributed by atoms with Gasteiger partial charge >= 0.3 is 5.97 Å². The molecule has 3 aromatic carbocycles. The molecule has 3 aromatic rings. The molecule has 28 heavy (non-hydrogen) atoms. The van der Waals surface area contributed by atoms with E-state index in [1.165, 1.54) is 11.1 Å². The van der Waals surface area contributed by atoms with Crippen molar-refractivity contribution in [3.8, 4) is 0 Å². The molecule has 0 unspecified atom stereocenters. The van der Waals surface area contributed by atoms with Gasteiger partial charge in [0.05, 0.1) is 5.92 Å². The van der Waals surface area contributed by atoms with E-state index in [-0.39, 0.29) is 29.8 Å². The number of hydrogen-bond acceptors (Lipinski definition) is 2. The fraction of sp³-hybridized carbons (Fsp3) is 0.269. The Labute approximate surface area is 167 Å². The van der Waals surface area contributed by atoms with Gasteiger partial charge in [0.1, 0.15) is 6.10 Å². The maximum absolute atomic E-state index is 13.3. The molecule has 142 valence electrons. The third-order valence-corrected chi connectivity index (χ3v) is 6.11. The highest BCUT2D eigenvalue weighted by molar-refractivity contribution is 5.77. The van der Waals surface area contributed by atoms with Crippen LogP contribution in [0.15, 0.2) is 91.0 Å². The second-order valence-electron chi connectivity index (χ2n) is 7.75. The molecule has 3 atom stereocenters. The van der Waals surface area contributed by atoms with Crippen molar-refractivity contribution in [2.75, 3.05) is 0 Å². The zero-order valence-electron chi connectivity index (χ0n) is 16.4. The Hall–Kier alpha value is -2.87. The van der Waals surface area contributed by atoms with Gasteiger partial charge in [0, 0.05) is 11.8 Å². The van der Waals surface area contributed by atoms with Gasteiger partial charge in [-0.05, 0) is 29.5 Å². The second-order valence-corrected chi connectivity index (χ2v) is 7.75. The van der Waals surface area contributed by atoms with Crippen molar-refractivity contribution in [2.24, 2.45) is 11.8 Å². The van der Waals surface area contributed by atoms with Gasteiger partial charge < -0.3 is 4.74 Å². The van der Waals surface area contributed by atoms with Gasteiger partial charge in [-0.3, -0.25) is 4.79 Å². The fourth-order valence-electron chi connectivity index (χ4n) is 4.67. The predicted molar refractivity (Wildman–Crippen MR) is 112 cm³/mol. The Bertz CT molecular complexity index is 857. The summed E-state index contributed by atoms with van der Waals surface area (Å²) in [7, 11) is 0. The monoisotopic (exact) mass is 370 g/mol. The average molecular weight is 370 g/mol. The van der Waals surface area contributed by atoms with Crippen LogP contribution in [0.25, 0.3) is 0 Å². The standard InChI is InChI=1S/C26H26O2/c1-18-23(21-14-8-4-9-15-21)25(24(18)22-16-10-5-11-17-22)26(27)28-19(2)20-12-6-3-7-13-20/h3-19,23-25H,1-2H3/t18-,19-,23-,24-,25+/m0/s1. The first-order valence-electron chi connectivity index (χ1n) is 10.0. The third kappa shape index (κ3) is 3.47. The molecule has 0 aromatic heterocycles. The lowest BCUT2D eigenvalue weighted by molar-refractivity contribution is -0.161. The Kier molecular flexibility index (Phi) is 5.29. The molecule has 1 aliphatic carbocycles. The Morgan fingerprint density at radius 3 is 1.64 bits per heavy atom. The van der Waals surface area contributed by atoms with Crippen molar-refractivity contribution >= 4 is 5.97 Å². The van der Waals surface area contributed by atoms with Crippen molar-refractivity contribution in [3.05, 3.63) is 108 Å². The van der Waals surface area contributed by atoms with Crippen LogP contribution in [-0.2, 0) is 9.53 Å². The van der Waals surface area contributed by atoms with Gasteiger partial charge in [-0.1, -0.05) is 97.9 Å². The number of benzene rings is 3. The molecule has 0 amide bonds. The summed E-state index contributed by atoms with van der Waals surface area (Å²) < 4.78 is 5.95. The summed E-state index contributed by atoms with van der Waals surface area (Å²) in [6.45, 7) is 4.20. The van der Waals surface area contributed by atoms with E-state index in [0.29, 0.717) is 5.92 Å². The molecule has 1 aliphatic rings. The van der Waals surface area contributed by atoms with Crippen LogP contribution in [0.2, 0.25) is 0 Å². The number of carbonyl (C=O) groups is 1. The predicted octanol–water partition coefficient (Wildman–Crippen LogP) is 6.12. The smallest absolute Gasteiger partial charge is 0.310 e. The number of rotatable bonds is 5. The minimum absolute atomic E-state index is 0.0999. The van der Waals surface area contributed by atoms with Gasteiger partial charge in [0.25, 0.3) is 0 Å². The molecule has 0 radical (unpaired) electrons. The van der Waals surface area contributed by atoms with Crippen LogP contribution in [-0.4, -0.2) is 5.97 Å². The van der Waals surface area contributed by atoms with Crippen LogP contribution in [0.3, 0.4) is 0 Å². The zero-order valence-corrected chi connectivity index (χ0v) is 16.4. The quantitative estimate of drug-likeness (QED) is 0.505. The van der Waals surface area contributed by atoms with Crippen LogP contribution in [0.5, 0.6) is 0 Å². The molecule has 0 saturated heterocycles. The minimum atomic E-state index is -0.252. The molecule has 0 spiro atoms. The Balaban J connectivity index is 1.61. The number of ether oxygens (including phenoxy) is 1. The molecule has 0 aliphatic heterocycles. The van der Waals surface area contributed by atoms with Crippen molar-refractivity contribution in [2.45, 2.75) is 31.8 Å². The first-order valence-corrected chi connectivity index (χ1v) is 10.0. The SMILES string of the molecule is C[C@H](OC(=O)[C@H]1[C@H](c2ccccc2)[C@@H](C)[C@H]1c1ccccc1)c1ccccc1. The molecule has 1 saturated carbocycles. The van der Waals surface area contributed by atoms with Gasteiger partial charge in [-0.15, -0.1) is 0 Å². The molecule has 2 nitrogen and oxygen atoms in total. The zero-order chi connectivity index (χ0) is 19.5. The van der Waals surface area contributed by atoms with E-state index in [9.17, 15) is 4.79 Å². The van der Waals surface area contributed by atoms with E-state index in [2.05, 4.69) is 31.2 Å². The van der Waals surface area contributed by atoms with Gasteiger partial charge in [-0.2, -0.15) is 0 Å². The molecule has 0 heterocycles. The first kappa shape index (κ1) is 18.5. The maximum atomic E-state index is 13.3. The van der Waals surface area contributed by atoms with E-state index in [4.69, 9.17) is 4.74 Å². The lowest BCUT2D eigenvalue weighted by Gasteiger charge is -2.50. The van der Waals surface area contributed by atoms with Gasteiger partial charge in [0.15, 0.2) is 0 Å². The van der Waals surface area contributed by atoms with Crippen LogP contribution in [0.4, 0.5) is 0 Å². The van der Waals surface area contributed by atoms with Crippen LogP contribution in [0, 0.1) is 11.8 Å². The van der Waals surface area contributed by atoms with E-state index < -0.39 is 0 Å². The van der Waals surface area contributed by atoms with Crippen LogP contribution >= 0.6 is 0 Å². The highest BCUT2D eigenvalue weighted by atomic mass is 16.5. The Morgan fingerprint density at radius 2 is 1.18 bits per heavy atom. The summed E-state index contributed by atoms with van der Waals surface area (Å²) in [5.41, 5.74) is 3.46. The largest absolute Gasteiger partial charge is 0.458 e.